The third-order valence-electron chi connectivity index (χ3n) is 3.56. The molecule has 0 fully saturated rings. The molecule has 0 radical (unpaired) electrons. The second-order valence-corrected chi connectivity index (χ2v) is 5.53. The summed E-state index contributed by atoms with van der Waals surface area (Å²) in [5, 5.41) is 11.2. The molecule has 0 atom stereocenters. The minimum atomic E-state index is -4.39. The van der Waals surface area contributed by atoms with Gasteiger partial charge in [-0.2, -0.15) is 13.2 Å². The fraction of sp³-hybridized carbons (Fsp3) is 0.176. The molecule has 0 spiro atoms. The molecule has 3 aromatic rings. The molecule has 140 valence electrons. The summed E-state index contributed by atoms with van der Waals surface area (Å²) in [7, 11) is 0. The molecular formula is C17H14F3N5O2. The second kappa shape index (κ2) is 7.96. The predicted octanol–water partition coefficient (Wildman–Crippen LogP) is 2.61. The van der Waals surface area contributed by atoms with Gasteiger partial charge in [0.2, 0.25) is 0 Å². The van der Waals surface area contributed by atoms with E-state index in [0.29, 0.717) is 11.4 Å². The van der Waals surface area contributed by atoms with Gasteiger partial charge in [-0.1, -0.05) is 42.5 Å². The Balaban J connectivity index is 1.52. The van der Waals surface area contributed by atoms with Crippen LogP contribution in [0, 0.1) is 0 Å². The van der Waals surface area contributed by atoms with E-state index >= 15 is 0 Å². The molecule has 0 bridgehead atoms. The highest BCUT2D eigenvalue weighted by Crippen LogP contribution is 2.29. The minimum absolute atomic E-state index is 0.0783. The molecule has 0 unspecified atom stereocenters. The first-order valence-corrected chi connectivity index (χ1v) is 7.82. The van der Waals surface area contributed by atoms with Gasteiger partial charge in [0.15, 0.2) is 5.82 Å². The number of nitrogens with zero attached hydrogens (tertiary/aromatic N) is 4. The van der Waals surface area contributed by atoms with Gasteiger partial charge in [0.05, 0.1) is 12.2 Å². The Bertz CT molecular complexity index is 895. The molecule has 10 heteroatoms. The van der Waals surface area contributed by atoms with Gasteiger partial charge in [0, 0.05) is 5.56 Å². The highest BCUT2D eigenvalue weighted by molar-refractivity contribution is 5.75. The van der Waals surface area contributed by atoms with Crippen molar-refractivity contribution in [2.75, 3.05) is 0 Å². The fourth-order valence-electron chi connectivity index (χ4n) is 2.26. The number of carbonyl (C=O) groups is 1. The topological polar surface area (TPSA) is 81.9 Å². The van der Waals surface area contributed by atoms with Gasteiger partial charge in [-0.15, -0.1) is 5.10 Å². The van der Waals surface area contributed by atoms with Crippen LogP contribution in [0.1, 0.15) is 11.1 Å². The number of tetrazole rings is 1. The number of aromatic nitrogens is 4. The Morgan fingerprint density at radius 3 is 2.44 bits per heavy atom. The van der Waals surface area contributed by atoms with Crippen LogP contribution in [0.2, 0.25) is 0 Å². The quantitative estimate of drug-likeness (QED) is 0.668. The molecule has 0 aliphatic heterocycles. The van der Waals surface area contributed by atoms with Crippen molar-refractivity contribution in [3.8, 4) is 11.4 Å². The van der Waals surface area contributed by atoms with E-state index in [4.69, 9.17) is 4.84 Å². The van der Waals surface area contributed by atoms with Crippen LogP contribution in [-0.2, 0) is 29.0 Å². The van der Waals surface area contributed by atoms with Gasteiger partial charge in [-0.05, 0) is 28.1 Å². The lowest BCUT2D eigenvalue weighted by molar-refractivity contribution is -0.137. The summed E-state index contributed by atoms with van der Waals surface area (Å²) in [4.78, 5) is 17.0. The number of hydrogen-bond acceptors (Lipinski definition) is 5. The van der Waals surface area contributed by atoms with Crippen LogP contribution in [0.4, 0.5) is 13.2 Å². The second-order valence-electron chi connectivity index (χ2n) is 5.53. The number of carbonyl (C=O) groups excluding carboxylic acids is 1. The normalized spacial score (nSPS) is 11.4. The van der Waals surface area contributed by atoms with Crippen molar-refractivity contribution in [2.45, 2.75) is 19.3 Å². The number of amides is 1. The van der Waals surface area contributed by atoms with Crippen LogP contribution < -0.4 is 5.48 Å². The summed E-state index contributed by atoms with van der Waals surface area (Å²) >= 11 is 0. The summed E-state index contributed by atoms with van der Waals surface area (Å²) in [5.74, 6) is -0.0834. The van der Waals surface area contributed by atoms with Crippen LogP contribution in [-0.4, -0.2) is 26.1 Å². The summed E-state index contributed by atoms with van der Waals surface area (Å²) in [6.07, 6.45) is -4.39. The zero-order valence-electron chi connectivity index (χ0n) is 13.8. The van der Waals surface area contributed by atoms with Gasteiger partial charge >= 0.3 is 6.18 Å². The van der Waals surface area contributed by atoms with Crippen LogP contribution in [0.15, 0.2) is 54.6 Å². The van der Waals surface area contributed by atoms with Gasteiger partial charge in [0.25, 0.3) is 5.91 Å². The molecular weight excluding hydrogens is 363 g/mol. The molecule has 27 heavy (non-hydrogen) atoms. The molecule has 2 aromatic carbocycles. The molecule has 0 saturated heterocycles. The van der Waals surface area contributed by atoms with Gasteiger partial charge in [0.1, 0.15) is 6.54 Å². The van der Waals surface area contributed by atoms with Crippen molar-refractivity contribution >= 4 is 5.91 Å². The standard InChI is InChI=1S/C17H14F3N5O2/c18-17(19,20)14-8-6-12(7-9-14)11-27-22-15(26)10-25-16(21-23-24-25)13-4-2-1-3-5-13/h1-9H,10-11H2,(H,22,26). The van der Waals surface area contributed by atoms with E-state index in [0.717, 1.165) is 17.7 Å². The molecule has 3 rings (SSSR count). The number of nitrogens with one attached hydrogen (secondary N) is 1. The lowest BCUT2D eigenvalue weighted by Gasteiger charge is -2.09. The molecule has 1 heterocycles. The number of hydrogen-bond donors (Lipinski definition) is 1. The average molecular weight is 377 g/mol. The molecule has 1 amide bonds. The van der Waals surface area contributed by atoms with Crippen LogP contribution in [0.5, 0.6) is 0 Å². The summed E-state index contributed by atoms with van der Waals surface area (Å²) < 4.78 is 38.8. The largest absolute Gasteiger partial charge is 0.416 e. The smallest absolute Gasteiger partial charge is 0.271 e. The maximum Gasteiger partial charge on any atom is 0.416 e. The maximum absolute atomic E-state index is 12.5. The third-order valence-corrected chi connectivity index (χ3v) is 3.56. The lowest BCUT2D eigenvalue weighted by Crippen LogP contribution is -2.28. The number of halogens is 3. The highest BCUT2D eigenvalue weighted by Gasteiger charge is 2.29. The van der Waals surface area contributed by atoms with Crippen molar-refractivity contribution in [2.24, 2.45) is 0 Å². The lowest BCUT2D eigenvalue weighted by atomic mass is 10.1. The fourth-order valence-corrected chi connectivity index (χ4v) is 2.26. The first-order chi connectivity index (χ1) is 12.9. The van der Waals surface area contributed by atoms with E-state index in [1.165, 1.54) is 16.8 Å². The first-order valence-electron chi connectivity index (χ1n) is 7.82. The van der Waals surface area contributed by atoms with Gasteiger partial charge in [-0.3, -0.25) is 9.63 Å². The number of alkyl halides is 3. The van der Waals surface area contributed by atoms with Crippen molar-refractivity contribution in [1.29, 1.82) is 0 Å². The van der Waals surface area contributed by atoms with Crippen molar-refractivity contribution in [3.63, 3.8) is 0 Å². The van der Waals surface area contributed by atoms with Gasteiger partial charge in [-0.25, -0.2) is 10.2 Å². The number of rotatable bonds is 6. The molecule has 1 aromatic heterocycles. The van der Waals surface area contributed by atoms with E-state index in [1.54, 1.807) is 12.1 Å². The predicted molar refractivity (Wildman–Crippen MR) is 87.6 cm³/mol. The molecule has 0 aliphatic rings. The SMILES string of the molecule is O=C(Cn1nnnc1-c1ccccc1)NOCc1ccc(C(F)(F)F)cc1. The van der Waals surface area contributed by atoms with Crippen molar-refractivity contribution in [1.82, 2.24) is 25.7 Å². The number of hydroxylamine groups is 1. The summed E-state index contributed by atoms with van der Waals surface area (Å²) in [6, 6.07) is 13.6. The summed E-state index contributed by atoms with van der Waals surface area (Å²) in [6.45, 7) is -0.255. The zero-order chi connectivity index (χ0) is 19.3. The first kappa shape index (κ1) is 18.5. The van der Waals surface area contributed by atoms with E-state index < -0.39 is 17.6 Å². The Labute approximate surface area is 151 Å². The van der Waals surface area contributed by atoms with Crippen LogP contribution in [0.25, 0.3) is 11.4 Å². The third kappa shape index (κ3) is 4.88. The molecule has 0 saturated carbocycles. The minimum Gasteiger partial charge on any atom is -0.271 e. The monoisotopic (exact) mass is 377 g/mol. The van der Waals surface area contributed by atoms with Crippen LogP contribution in [0.3, 0.4) is 0 Å². The molecule has 0 aliphatic carbocycles. The Hall–Kier alpha value is -3.27. The van der Waals surface area contributed by atoms with E-state index in [-0.39, 0.29) is 13.2 Å². The molecule has 7 nitrogen and oxygen atoms in total. The summed E-state index contributed by atoms with van der Waals surface area (Å²) in [5.41, 5.74) is 2.70. The zero-order valence-corrected chi connectivity index (χ0v) is 13.8. The maximum atomic E-state index is 12.5. The highest BCUT2D eigenvalue weighted by atomic mass is 19.4. The average Bonchev–Trinajstić information content (AvgIpc) is 3.10. The van der Waals surface area contributed by atoms with E-state index in [9.17, 15) is 18.0 Å². The Morgan fingerprint density at radius 1 is 1.07 bits per heavy atom. The van der Waals surface area contributed by atoms with E-state index in [2.05, 4.69) is 21.0 Å². The molecule has 1 N–H and O–H groups in total. The van der Waals surface area contributed by atoms with Crippen molar-refractivity contribution in [3.05, 3.63) is 65.7 Å². The van der Waals surface area contributed by atoms with Crippen LogP contribution >= 0.6 is 0 Å². The van der Waals surface area contributed by atoms with Gasteiger partial charge < -0.3 is 0 Å². The Morgan fingerprint density at radius 2 is 1.78 bits per heavy atom. The van der Waals surface area contributed by atoms with Crippen molar-refractivity contribution < 1.29 is 22.8 Å². The Kier molecular flexibility index (Phi) is 5.46. The number of benzene rings is 2. The van der Waals surface area contributed by atoms with E-state index in [1.807, 2.05) is 18.2 Å².